The van der Waals surface area contributed by atoms with Crippen molar-refractivity contribution in [2.45, 2.75) is 6.10 Å². The number of hydrogen-bond acceptors (Lipinski definition) is 6. The molecule has 2 aromatic rings. The number of ether oxygens (including phenoxy) is 5. The average molecular weight is 318 g/mol. The summed E-state index contributed by atoms with van der Waals surface area (Å²) in [7, 11) is 4.61. The minimum absolute atomic E-state index is 0.194. The van der Waals surface area contributed by atoms with Crippen molar-refractivity contribution in [3.05, 3.63) is 41.5 Å². The van der Waals surface area contributed by atoms with Crippen molar-refractivity contribution in [1.29, 1.82) is 0 Å². The number of hydrogen-bond donors (Lipinski definition) is 1. The standard InChI is InChI=1S/C17H18O6/c1-19-14-7-11(8-15(20-2)17(14)21-3)16(18)10-4-5-12-13(6-10)23-9-22-12/h4-8,16,18H,9H2,1-3H3/t16-/m1/s1. The maximum atomic E-state index is 10.7. The van der Waals surface area contributed by atoms with E-state index in [0.29, 0.717) is 39.9 Å². The predicted molar refractivity (Wildman–Crippen MR) is 82.7 cm³/mol. The molecule has 6 heteroatoms. The quantitative estimate of drug-likeness (QED) is 0.914. The van der Waals surface area contributed by atoms with Gasteiger partial charge in [-0.25, -0.2) is 0 Å². The molecule has 1 heterocycles. The lowest BCUT2D eigenvalue weighted by atomic mass is 10.00. The Morgan fingerprint density at radius 3 is 2.13 bits per heavy atom. The molecule has 0 saturated heterocycles. The van der Waals surface area contributed by atoms with Crippen LogP contribution in [-0.4, -0.2) is 33.2 Å². The summed E-state index contributed by atoms with van der Waals surface area (Å²) in [5.74, 6) is 2.75. The van der Waals surface area contributed by atoms with Crippen LogP contribution in [0.3, 0.4) is 0 Å². The largest absolute Gasteiger partial charge is 0.493 e. The van der Waals surface area contributed by atoms with E-state index < -0.39 is 6.10 Å². The summed E-state index contributed by atoms with van der Waals surface area (Å²) < 4.78 is 26.6. The van der Waals surface area contributed by atoms with Crippen LogP contribution in [0.25, 0.3) is 0 Å². The summed E-state index contributed by atoms with van der Waals surface area (Å²) in [5, 5.41) is 10.7. The van der Waals surface area contributed by atoms with Crippen molar-refractivity contribution in [1.82, 2.24) is 0 Å². The number of benzene rings is 2. The third-order valence-corrected chi connectivity index (χ3v) is 3.72. The number of aliphatic hydroxyl groups excluding tert-OH is 1. The van der Waals surface area contributed by atoms with Crippen LogP contribution in [-0.2, 0) is 0 Å². The average Bonchev–Trinajstić information content (AvgIpc) is 3.07. The van der Waals surface area contributed by atoms with Crippen LogP contribution in [0.15, 0.2) is 30.3 Å². The molecule has 0 aliphatic carbocycles. The van der Waals surface area contributed by atoms with Gasteiger partial charge in [0.15, 0.2) is 23.0 Å². The van der Waals surface area contributed by atoms with Gasteiger partial charge in [0.25, 0.3) is 0 Å². The first-order valence-electron chi connectivity index (χ1n) is 7.05. The van der Waals surface area contributed by atoms with Gasteiger partial charge in [-0.2, -0.15) is 0 Å². The zero-order valence-electron chi connectivity index (χ0n) is 13.2. The van der Waals surface area contributed by atoms with Gasteiger partial charge in [0.1, 0.15) is 6.10 Å². The lowest BCUT2D eigenvalue weighted by molar-refractivity contribution is 0.173. The van der Waals surface area contributed by atoms with Crippen molar-refractivity contribution in [2.75, 3.05) is 28.1 Å². The van der Waals surface area contributed by atoms with Gasteiger partial charge in [-0.3, -0.25) is 0 Å². The minimum atomic E-state index is -0.863. The van der Waals surface area contributed by atoms with E-state index in [1.165, 1.54) is 21.3 Å². The van der Waals surface area contributed by atoms with E-state index in [1.807, 2.05) is 0 Å². The third kappa shape index (κ3) is 2.73. The first-order valence-corrected chi connectivity index (χ1v) is 7.05. The highest BCUT2D eigenvalue weighted by Crippen LogP contribution is 2.42. The van der Waals surface area contributed by atoms with Gasteiger partial charge in [0, 0.05) is 0 Å². The Hall–Kier alpha value is -2.60. The molecule has 0 aromatic heterocycles. The van der Waals surface area contributed by atoms with Crippen molar-refractivity contribution in [3.63, 3.8) is 0 Å². The monoisotopic (exact) mass is 318 g/mol. The second-order valence-corrected chi connectivity index (χ2v) is 4.97. The molecule has 0 unspecified atom stereocenters. The van der Waals surface area contributed by atoms with Crippen LogP contribution in [0.1, 0.15) is 17.2 Å². The highest BCUT2D eigenvalue weighted by molar-refractivity contribution is 5.55. The molecule has 0 bridgehead atoms. The lowest BCUT2D eigenvalue weighted by Gasteiger charge is -2.17. The Morgan fingerprint density at radius 1 is 0.870 bits per heavy atom. The van der Waals surface area contributed by atoms with Crippen LogP contribution >= 0.6 is 0 Å². The number of rotatable bonds is 5. The van der Waals surface area contributed by atoms with Gasteiger partial charge < -0.3 is 28.8 Å². The molecule has 0 amide bonds. The van der Waals surface area contributed by atoms with Crippen molar-refractivity contribution >= 4 is 0 Å². The van der Waals surface area contributed by atoms with Gasteiger partial charge in [-0.05, 0) is 35.4 Å². The van der Waals surface area contributed by atoms with Gasteiger partial charge in [0.2, 0.25) is 12.5 Å². The Bertz CT molecular complexity index is 687. The molecule has 0 radical (unpaired) electrons. The van der Waals surface area contributed by atoms with Crippen molar-refractivity contribution in [2.24, 2.45) is 0 Å². The van der Waals surface area contributed by atoms with Crippen LogP contribution in [0.2, 0.25) is 0 Å². The molecular formula is C17H18O6. The summed E-state index contributed by atoms with van der Waals surface area (Å²) >= 11 is 0. The predicted octanol–water partition coefficient (Wildman–Crippen LogP) is 2.52. The molecule has 1 aliphatic heterocycles. The number of methoxy groups -OCH3 is 3. The Kier molecular flexibility index (Phi) is 4.16. The molecule has 0 saturated carbocycles. The SMILES string of the molecule is COc1cc([C@H](O)c2ccc3c(c2)OCO3)cc(OC)c1OC. The molecule has 122 valence electrons. The normalized spacial score (nSPS) is 13.6. The van der Waals surface area contributed by atoms with Gasteiger partial charge in [-0.15, -0.1) is 0 Å². The number of fused-ring (bicyclic) bond motifs is 1. The fourth-order valence-corrected chi connectivity index (χ4v) is 2.53. The van der Waals surface area contributed by atoms with Crippen LogP contribution in [0.4, 0.5) is 0 Å². The summed E-state index contributed by atoms with van der Waals surface area (Å²) in [6.45, 7) is 0.194. The second-order valence-electron chi connectivity index (χ2n) is 4.97. The fourth-order valence-electron chi connectivity index (χ4n) is 2.53. The third-order valence-electron chi connectivity index (χ3n) is 3.72. The second kappa shape index (κ2) is 6.26. The molecule has 1 aliphatic rings. The maximum Gasteiger partial charge on any atom is 0.231 e. The van der Waals surface area contributed by atoms with Crippen molar-refractivity contribution in [3.8, 4) is 28.7 Å². The van der Waals surface area contributed by atoms with Crippen LogP contribution < -0.4 is 23.7 Å². The van der Waals surface area contributed by atoms with Crippen LogP contribution in [0, 0.1) is 0 Å². The topological polar surface area (TPSA) is 66.4 Å². The summed E-state index contributed by atoms with van der Waals surface area (Å²) in [6, 6.07) is 8.77. The molecule has 1 atom stereocenters. The van der Waals surface area contributed by atoms with E-state index in [2.05, 4.69) is 0 Å². The van der Waals surface area contributed by atoms with E-state index in [1.54, 1.807) is 30.3 Å². The van der Waals surface area contributed by atoms with Gasteiger partial charge in [0.05, 0.1) is 21.3 Å². The number of aliphatic hydroxyl groups is 1. The molecule has 2 aromatic carbocycles. The van der Waals surface area contributed by atoms with Gasteiger partial charge >= 0.3 is 0 Å². The zero-order chi connectivity index (χ0) is 16.4. The molecule has 0 fully saturated rings. The first kappa shape index (κ1) is 15.3. The molecule has 0 spiro atoms. The van der Waals surface area contributed by atoms with E-state index >= 15 is 0 Å². The highest BCUT2D eigenvalue weighted by atomic mass is 16.7. The summed E-state index contributed by atoms with van der Waals surface area (Å²) in [4.78, 5) is 0. The molecule has 6 nitrogen and oxygen atoms in total. The lowest BCUT2D eigenvalue weighted by Crippen LogP contribution is -2.03. The Balaban J connectivity index is 2.00. The smallest absolute Gasteiger partial charge is 0.231 e. The molecule has 1 N–H and O–H groups in total. The van der Waals surface area contributed by atoms with E-state index in [4.69, 9.17) is 23.7 Å². The Morgan fingerprint density at radius 2 is 1.52 bits per heavy atom. The summed E-state index contributed by atoms with van der Waals surface area (Å²) in [5.41, 5.74) is 1.31. The fraction of sp³-hybridized carbons (Fsp3) is 0.294. The minimum Gasteiger partial charge on any atom is -0.493 e. The zero-order valence-corrected chi connectivity index (χ0v) is 13.2. The van der Waals surface area contributed by atoms with Crippen LogP contribution in [0.5, 0.6) is 28.7 Å². The van der Waals surface area contributed by atoms with E-state index in [9.17, 15) is 5.11 Å². The molecular weight excluding hydrogens is 300 g/mol. The molecule has 23 heavy (non-hydrogen) atoms. The van der Waals surface area contributed by atoms with E-state index in [0.717, 1.165) is 0 Å². The maximum absolute atomic E-state index is 10.7. The highest BCUT2D eigenvalue weighted by Gasteiger charge is 2.21. The molecule has 3 rings (SSSR count). The van der Waals surface area contributed by atoms with Gasteiger partial charge in [-0.1, -0.05) is 6.07 Å². The van der Waals surface area contributed by atoms with E-state index in [-0.39, 0.29) is 6.79 Å². The first-order chi connectivity index (χ1) is 11.2. The van der Waals surface area contributed by atoms with Crippen molar-refractivity contribution < 1.29 is 28.8 Å². The summed E-state index contributed by atoms with van der Waals surface area (Å²) in [6.07, 6.45) is -0.863. The Labute approximate surface area is 134 Å².